The van der Waals surface area contributed by atoms with Crippen molar-refractivity contribution in [3.8, 4) is 6.07 Å². The summed E-state index contributed by atoms with van der Waals surface area (Å²) in [5.41, 5.74) is 1.79. The van der Waals surface area contributed by atoms with E-state index in [1.807, 2.05) is 43.3 Å². The number of nitriles is 1. The van der Waals surface area contributed by atoms with Crippen molar-refractivity contribution in [2.45, 2.75) is 13.5 Å². The Bertz CT molecular complexity index is 733. The second kappa shape index (κ2) is 8.49. The zero-order valence-electron chi connectivity index (χ0n) is 13.4. The van der Waals surface area contributed by atoms with Crippen LogP contribution in [0.2, 0.25) is 0 Å². The van der Waals surface area contributed by atoms with Gasteiger partial charge < -0.3 is 9.64 Å². The summed E-state index contributed by atoms with van der Waals surface area (Å²) >= 11 is 0. The zero-order valence-corrected chi connectivity index (χ0v) is 13.4. The molecule has 0 unspecified atom stereocenters. The van der Waals surface area contributed by atoms with Gasteiger partial charge in [-0.1, -0.05) is 30.3 Å². The van der Waals surface area contributed by atoms with Crippen LogP contribution in [-0.4, -0.2) is 29.9 Å². The van der Waals surface area contributed by atoms with E-state index in [1.54, 1.807) is 4.90 Å². The standard InChI is InChI=1S/C19H18N2O3/c1-2-21(13-16-6-4-3-5-7-16)18(22)14-24-19(23)17-10-8-15(12-20)9-11-17/h3-11H,2,13-14H2,1H3. The predicted octanol–water partition coefficient (Wildman–Crippen LogP) is 2.76. The fourth-order valence-electron chi connectivity index (χ4n) is 2.16. The molecular weight excluding hydrogens is 304 g/mol. The molecule has 1 amide bonds. The molecule has 2 aromatic carbocycles. The van der Waals surface area contributed by atoms with E-state index in [4.69, 9.17) is 10.00 Å². The van der Waals surface area contributed by atoms with E-state index in [0.717, 1.165) is 5.56 Å². The van der Waals surface area contributed by atoms with Crippen LogP contribution in [0.1, 0.15) is 28.4 Å². The second-order valence-electron chi connectivity index (χ2n) is 5.16. The molecule has 122 valence electrons. The number of likely N-dealkylation sites (N-methyl/N-ethyl adjacent to an activating group) is 1. The molecule has 0 heterocycles. The van der Waals surface area contributed by atoms with Gasteiger partial charge in [-0.25, -0.2) is 4.79 Å². The molecule has 24 heavy (non-hydrogen) atoms. The van der Waals surface area contributed by atoms with E-state index >= 15 is 0 Å². The Hall–Kier alpha value is -3.13. The van der Waals surface area contributed by atoms with Crippen molar-refractivity contribution in [3.63, 3.8) is 0 Å². The summed E-state index contributed by atoms with van der Waals surface area (Å²) in [6, 6.07) is 17.7. The molecule has 0 saturated heterocycles. The lowest BCUT2D eigenvalue weighted by molar-refractivity contribution is -0.134. The van der Waals surface area contributed by atoms with E-state index in [0.29, 0.717) is 24.2 Å². The van der Waals surface area contributed by atoms with E-state index < -0.39 is 5.97 Å². The second-order valence-corrected chi connectivity index (χ2v) is 5.16. The monoisotopic (exact) mass is 322 g/mol. The summed E-state index contributed by atoms with van der Waals surface area (Å²) in [4.78, 5) is 25.8. The van der Waals surface area contributed by atoms with Gasteiger partial charge in [0.1, 0.15) is 0 Å². The normalized spacial score (nSPS) is 9.83. The summed E-state index contributed by atoms with van der Waals surface area (Å²) in [6.07, 6.45) is 0. The third-order valence-corrected chi connectivity index (χ3v) is 3.53. The molecule has 2 aromatic rings. The Kier molecular flexibility index (Phi) is 6.09. The molecule has 0 spiro atoms. The van der Waals surface area contributed by atoms with Crippen LogP contribution in [0.15, 0.2) is 54.6 Å². The number of benzene rings is 2. The van der Waals surface area contributed by atoms with Crippen LogP contribution in [0.3, 0.4) is 0 Å². The first-order valence-corrected chi connectivity index (χ1v) is 7.63. The molecular formula is C19H18N2O3. The highest BCUT2D eigenvalue weighted by molar-refractivity contribution is 5.91. The summed E-state index contributed by atoms with van der Waals surface area (Å²) in [6.45, 7) is 2.58. The molecule has 0 aromatic heterocycles. The number of nitrogens with zero attached hydrogens (tertiary/aromatic N) is 2. The molecule has 5 nitrogen and oxygen atoms in total. The fraction of sp³-hybridized carbons (Fsp3) is 0.211. The summed E-state index contributed by atoms with van der Waals surface area (Å²) < 4.78 is 5.07. The minimum Gasteiger partial charge on any atom is -0.452 e. The summed E-state index contributed by atoms with van der Waals surface area (Å²) in [5, 5.41) is 8.74. The first-order valence-electron chi connectivity index (χ1n) is 7.63. The molecule has 0 saturated carbocycles. The molecule has 0 aliphatic heterocycles. The van der Waals surface area contributed by atoms with Crippen molar-refractivity contribution in [2.24, 2.45) is 0 Å². The van der Waals surface area contributed by atoms with Crippen LogP contribution in [-0.2, 0) is 16.1 Å². The fourth-order valence-corrected chi connectivity index (χ4v) is 2.16. The maximum Gasteiger partial charge on any atom is 0.338 e. The minimum absolute atomic E-state index is 0.247. The molecule has 0 fully saturated rings. The maximum absolute atomic E-state index is 12.2. The van der Waals surface area contributed by atoms with Crippen molar-refractivity contribution < 1.29 is 14.3 Å². The van der Waals surface area contributed by atoms with Gasteiger partial charge in [0.2, 0.25) is 0 Å². The SMILES string of the molecule is CCN(Cc1ccccc1)C(=O)COC(=O)c1ccc(C#N)cc1. The number of carbonyl (C=O) groups is 2. The van der Waals surface area contributed by atoms with Gasteiger partial charge in [-0.05, 0) is 36.8 Å². The van der Waals surface area contributed by atoms with E-state index in [1.165, 1.54) is 24.3 Å². The number of amides is 1. The Morgan fingerprint density at radius 3 is 2.33 bits per heavy atom. The smallest absolute Gasteiger partial charge is 0.338 e. The average Bonchev–Trinajstić information content (AvgIpc) is 2.64. The molecule has 0 aliphatic carbocycles. The van der Waals surface area contributed by atoms with Gasteiger partial charge in [0.05, 0.1) is 17.2 Å². The zero-order chi connectivity index (χ0) is 17.4. The summed E-state index contributed by atoms with van der Waals surface area (Å²) in [5.74, 6) is -0.827. The molecule has 0 radical (unpaired) electrons. The van der Waals surface area contributed by atoms with Crippen LogP contribution in [0.5, 0.6) is 0 Å². The largest absolute Gasteiger partial charge is 0.452 e. The van der Waals surface area contributed by atoms with Crippen LogP contribution >= 0.6 is 0 Å². The first kappa shape index (κ1) is 17.2. The Morgan fingerprint density at radius 2 is 1.75 bits per heavy atom. The number of ether oxygens (including phenoxy) is 1. The van der Waals surface area contributed by atoms with Crippen molar-refractivity contribution in [2.75, 3.05) is 13.2 Å². The van der Waals surface area contributed by atoms with Crippen molar-refractivity contribution in [1.82, 2.24) is 4.90 Å². The lowest BCUT2D eigenvalue weighted by Crippen LogP contribution is -2.34. The molecule has 5 heteroatoms. The number of esters is 1. The molecule has 0 aliphatic rings. The van der Waals surface area contributed by atoms with Gasteiger partial charge in [0.15, 0.2) is 6.61 Å². The number of carbonyl (C=O) groups excluding carboxylic acids is 2. The Labute approximate surface area is 141 Å². The lowest BCUT2D eigenvalue weighted by atomic mass is 10.1. The van der Waals surface area contributed by atoms with E-state index in [-0.39, 0.29) is 12.5 Å². The van der Waals surface area contributed by atoms with Crippen LogP contribution in [0.4, 0.5) is 0 Å². The van der Waals surface area contributed by atoms with Crippen LogP contribution in [0.25, 0.3) is 0 Å². The van der Waals surface area contributed by atoms with Gasteiger partial charge >= 0.3 is 5.97 Å². The van der Waals surface area contributed by atoms with Crippen molar-refractivity contribution in [3.05, 3.63) is 71.3 Å². The topological polar surface area (TPSA) is 70.4 Å². The number of hydrogen-bond acceptors (Lipinski definition) is 4. The molecule has 0 N–H and O–H groups in total. The Morgan fingerprint density at radius 1 is 1.08 bits per heavy atom. The van der Waals surface area contributed by atoms with Gasteiger partial charge in [0.25, 0.3) is 5.91 Å². The number of hydrogen-bond donors (Lipinski definition) is 0. The lowest BCUT2D eigenvalue weighted by Gasteiger charge is -2.20. The number of rotatable bonds is 6. The minimum atomic E-state index is -0.580. The van der Waals surface area contributed by atoms with Crippen molar-refractivity contribution in [1.29, 1.82) is 5.26 Å². The van der Waals surface area contributed by atoms with Gasteiger partial charge in [-0.2, -0.15) is 5.26 Å². The van der Waals surface area contributed by atoms with Gasteiger partial charge in [-0.3, -0.25) is 4.79 Å². The average molecular weight is 322 g/mol. The highest BCUT2D eigenvalue weighted by Gasteiger charge is 2.15. The molecule has 2 rings (SSSR count). The van der Waals surface area contributed by atoms with E-state index in [2.05, 4.69) is 0 Å². The molecule has 0 atom stereocenters. The first-order chi connectivity index (χ1) is 11.6. The van der Waals surface area contributed by atoms with E-state index in [9.17, 15) is 9.59 Å². The van der Waals surface area contributed by atoms with Crippen molar-refractivity contribution >= 4 is 11.9 Å². The maximum atomic E-state index is 12.2. The quantitative estimate of drug-likeness (QED) is 0.767. The van der Waals surface area contributed by atoms with Crippen LogP contribution in [0, 0.1) is 11.3 Å². The predicted molar refractivity (Wildman–Crippen MR) is 89.0 cm³/mol. The highest BCUT2D eigenvalue weighted by Crippen LogP contribution is 2.07. The van der Waals surface area contributed by atoms with Crippen LogP contribution < -0.4 is 0 Å². The highest BCUT2D eigenvalue weighted by atomic mass is 16.5. The third-order valence-electron chi connectivity index (χ3n) is 3.53. The van der Waals surface area contributed by atoms with Gasteiger partial charge in [0, 0.05) is 13.1 Å². The summed E-state index contributed by atoms with van der Waals surface area (Å²) in [7, 11) is 0. The third kappa shape index (κ3) is 4.68. The molecule has 0 bridgehead atoms. The Balaban J connectivity index is 1.90. The van der Waals surface area contributed by atoms with Gasteiger partial charge in [-0.15, -0.1) is 0 Å².